The molecule has 0 spiro atoms. The molecule has 0 atom stereocenters. The monoisotopic (exact) mass is 250 g/mol. The zero-order chi connectivity index (χ0) is 12.4. The molecule has 0 bridgehead atoms. The summed E-state index contributed by atoms with van der Waals surface area (Å²) in [4.78, 5) is 10.9. The van der Waals surface area contributed by atoms with E-state index in [9.17, 15) is 13.2 Å². The third-order valence-corrected chi connectivity index (χ3v) is 5.43. The number of aliphatic carboxylic acids is 1. The lowest BCUT2D eigenvalue weighted by Crippen LogP contribution is -2.39. The van der Waals surface area contributed by atoms with Crippen molar-refractivity contribution < 1.29 is 23.1 Å². The van der Waals surface area contributed by atoms with Crippen molar-refractivity contribution in [2.75, 3.05) is 19.0 Å². The number of hydrogen-bond donors (Lipinski definition) is 1. The van der Waals surface area contributed by atoms with Gasteiger partial charge in [-0.15, -0.1) is 0 Å². The Morgan fingerprint density at radius 3 is 2.31 bits per heavy atom. The van der Waals surface area contributed by atoms with Crippen LogP contribution in [0.15, 0.2) is 0 Å². The van der Waals surface area contributed by atoms with Crippen molar-refractivity contribution in [3.63, 3.8) is 0 Å². The van der Waals surface area contributed by atoms with E-state index in [0.717, 1.165) is 0 Å². The summed E-state index contributed by atoms with van der Waals surface area (Å²) in [7, 11) is -3.35. The van der Waals surface area contributed by atoms with E-state index in [0.29, 0.717) is 26.1 Å². The third-order valence-electron chi connectivity index (χ3n) is 2.82. The molecule has 0 aromatic carbocycles. The minimum atomic E-state index is -3.35. The van der Waals surface area contributed by atoms with Gasteiger partial charge in [0.25, 0.3) is 0 Å². The first-order valence-electron chi connectivity index (χ1n) is 5.28. The summed E-state index contributed by atoms with van der Waals surface area (Å²) in [5.41, 5.74) is -1.23. The molecule has 1 aliphatic rings. The number of sulfone groups is 1. The average Bonchev–Trinajstić information content (AvgIpc) is 2.17. The molecular weight excluding hydrogens is 232 g/mol. The predicted octanol–water partition coefficient (Wildman–Crippen LogP) is 0.691. The van der Waals surface area contributed by atoms with Crippen molar-refractivity contribution in [3.8, 4) is 0 Å². The fraction of sp³-hybridized carbons (Fsp3) is 0.900. The highest BCUT2D eigenvalue weighted by atomic mass is 32.2. The first kappa shape index (κ1) is 13.4. The first-order chi connectivity index (χ1) is 7.26. The van der Waals surface area contributed by atoms with E-state index in [1.807, 2.05) is 0 Å². The number of carbonyl (C=O) groups is 1. The molecule has 0 radical (unpaired) electrons. The van der Waals surface area contributed by atoms with Gasteiger partial charge in [0, 0.05) is 13.2 Å². The lowest BCUT2D eigenvalue weighted by Gasteiger charge is -2.26. The summed E-state index contributed by atoms with van der Waals surface area (Å²) < 4.78 is 29.1. The summed E-state index contributed by atoms with van der Waals surface area (Å²) in [5.74, 6) is -1.39. The van der Waals surface area contributed by atoms with Crippen molar-refractivity contribution in [3.05, 3.63) is 0 Å². The van der Waals surface area contributed by atoms with Crippen molar-refractivity contribution in [1.29, 1.82) is 0 Å². The summed E-state index contributed by atoms with van der Waals surface area (Å²) in [5, 5.41) is 8.47. The Hall–Kier alpha value is -0.620. The fourth-order valence-electron chi connectivity index (χ4n) is 1.72. The number of rotatable bonds is 4. The summed E-state index contributed by atoms with van der Waals surface area (Å²) in [6.07, 6.45) is 0.941. The Morgan fingerprint density at radius 1 is 1.38 bits per heavy atom. The van der Waals surface area contributed by atoms with Gasteiger partial charge in [-0.1, -0.05) is 0 Å². The molecule has 1 saturated heterocycles. The normalized spacial score (nSPS) is 19.6. The van der Waals surface area contributed by atoms with Gasteiger partial charge in [0.15, 0.2) is 9.84 Å². The van der Waals surface area contributed by atoms with Crippen LogP contribution in [0.2, 0.25) is 0 Å². The molecule has 1 fully saturated rings. The Balaban J connectivity index is 2.74. The van der Waals surface area contributed by atoms with E-state index in [2.05, 4.69) is 0 Å². The van der Waals surface area contributed by atoms with Crippen LogP contribution in [-0.4, -0.2) is 43.7 Å². The quantitative estimate of drug-likeness (QED) is 0.794. The van der Waals surface area contributed by atoms with Gasteiger partial charge in [0.05, 0.1) is 16.4 Å². The lowest BCUT2D eigenvalue weighted by molar-refractivity contribution is -0.145. The minimum Gasteiger partial charge on any atom is -0.481 e. The van der Waals surface area contributed by atoms with Crippen LogP contribution in [0.4, 0.5) is 0 Å². The number of hydrogen-bond acceptors (Lipinski definition) is 4. The van der Waals surface area contributed by atoms with Crippen LogP contribution in [0.1, 0.15) is 26.7 Å². The highest BCUT2D eigenvalue weighted by molar-refractivity contribution is 7.92. The fourth-order valence-corrected chi connectivity index (χ4v) is 3.99. The van der Waals surface area contributed by atoms with E-state index in [1.54, 1.807) is 0 Å². The molecule has 1 heterocycles. The molecule has 0 aromatic rings. The zero-order valence-corrected chi connectivity index (χ0v) is 10.4. The molecule has 0 saturated carbocycles. The molecule has 94 valence electrons. The SMILES string of the molecule is CC(C)(CS(=O)(=O)C1CCOCC1)C(=O)O. The largest absolute Gasteiger partial charge is 0.481 e. The molecule has 1 N–H and O–H groups in total. The molecule has 5 nitrogen and oxygen atoms in total. The van der Waals surface area contributed by atoms with Crippen molar-refractivity contribution >= 4 is 15.8 Å². The molecule has 6 heteroatoms. The third kappa shape index (κ3) is 3.18. The Morgan fingerprint density at radius 2 is 1.88 bits per heavy atom. The van der Waals surface area contributed by atoms with Gasteiger partial charge in [-0.3, -0.25) is 4.79 Å². The second kappa shape index (κ2) is 4.71. The molecule has 1 aliphatic heterocycles. The molecule has 0 aromatic heterocycles. The van der Waals surface area contributed by atoms with Crippen LogP contribution < -0.4 is 0 Å². The van der Waals surface area contributed by atoms with Gasteiger partial charge in [0.1, 0.15) is 0 Å². The standard InChI is InChI=1S/C10H18O5S/c1-10(2,9(11)12)7-16(13,14)8-3-5-15-6-4-8/h8H,3-7H2,1-2H3,(H,11,12). The summed E-state index contributed by atoms with van der Waals surface area (Å²) >= 11 is 0. The Bertz CT molecular complexity index is 351. The predicted molar refractivity (Wildman–Crippen MR) is 59.0 cm³/mol. The van der Waals surface area contributed by atoms with Crippen molar-refractivity contribution in [1.82, 2.24) is 0 Å². The highest BCUT2D eigenvalue weighted by Crippen LogP contribution is 2.24. The molecule has 1 rings (SSSR count). The molecular formula is C10H18O5S. The average molecular weight is 250 g/mol. The van der Waals surface area contributed by atoms with Crippen LogP contribution in [0.3, 0.4) is 0 Å². The van der Waals surface area contributed by atoms with Crippen LogP contribution >= 0.6 is 0 Å². The summed E-state index contributed by atoms with van der Waals surface area (Å²) in [6, 6.07) is 0. The maximum Gasteiger partial charge on any atom is 0.310 e. The van der Waals surface area contributed by atoms with Gasteiger partial charge in [0.2, 0.25) is 0 Å². The van der Waals surface area contributed by atoms with E-state index in [1.165, 1.54) is 13.8 Å². The molecule has 0 aliphatic carbocycles. The van der Waals surface area contributed by atoms with Crippen LogP contribution in [0, 0.1) is 5.41 Å². The number of ether oxygens (including phenoxy) is 1. The number of carboxylic acid groups (broad SMARTS) is 1. The maximum absolute atomic E-state index is 12.0. The second-order valence-electron chi connectivity index (χ2n) is 4.81. The van der Waals surface area contributed by atoms with Gasteiger partial charge < -0.3 is 9.84 Å². The minimum absolute atomic E-state index is 0.306. The van der Waals surface area contributed by atoms with Gasteiger partial charge in [-0.25, -0.2) is 8.42 Å². The smallest absolute Gasteiger partial charge is 0.310 e. The Labute approximate surface area is 95.7 Å². The maximum atomic E-state index is 12.0. The molecule has 0 amide bonds. The van der Waals surface area contributed by atoms with Crippen molar-refractivity contribution in [2.24, 2.45) is 5.41 Å². The van der Waals surface area contributed by atoms with Gasteiger partial charge in [-0.2, -0.15) is 0 Å². The van der Waals surface area contributed by atoms with E-state index in [4.69, 9.17) is 9.84 Å². The molecule has 16 heavy (non-hydrogen) atoms. The summed E-state index contributed by atoms with van der Waals surface area (Å²) in [6.45, 7) is 3.76. The van der Waals surface area contributed by atoms with E-state index in [-0.39, 0.29) is 5.75 Å². The first-order valence-corrected chi connectivity index (χ1v) is 7.00. The van der Waals surface area contributed by atoms with E-state index < -0.39 is 26.5 Å². The van der Waals surface area contributed by atoms with E-state index >= 15 is 0 Å². The zero-order valence-electron chi connectivity index (χ0n) is 9.60. The lowest BCUT2D eigenvalue weighted by atomic mass is 9.97. The highest BCUT2D eigenvalue weighted by Gasteiger charge is 2.37. The van der Waals surface area contributed by atoms with Crippen molar-refractivity contribution in [2.45, 2.75) is 31.9 Å². The topological polar surface area (TPSA) is 80.7 Å². The second-order valence-corrected chi connectivity index (χ2v) is 7.09. The van der Waals surface area contributed by atoms with Crippen LogP contribution in [0.25, 0.3) is 0 Å². The van der Waals surface area contributed by atoms with Crippen LogP contribution in [0.5, 0.6) is 0 Å². The van der Waals surface area contributed by atoms with Gasteiger partial charge in [-0.05, 0) is 26.7 Å². The van der Waals surface area contributed by atoms with Crippen LogP contribution in [-0.2, 0) is 19.4 Å². The van der Waals surface area contributed by atoms with Gasteiger partial charge >= 0.3 is 5.97 Å². The molecule has 0 unspecified atom stereocenters. The number of carboxylic acids is 1. The Kier molecular flexibility index (Phi) is 3.96.